The van der Waals surface area contributed by atoms with Crippen molar-refractivity contribution in [3.8, 4) is 0 Å². The first-order valence-corrected chi connectivity index (χ1v) is 5.95. The van der Waals surface area contributed by atoms with Crippen LogP contribution in [-0.4, -0.2) is 21.9 Å². The van der Waals surface area contributed by atoms with Crippen LogP contribution in [0.1, 0.15) is 11.4 Å². The number of benzene rings is 1. The first kappa shape index (κ1) is 12.3. The fourth-order valence-electron chi connectivity index (χ4n) is 1.95. The number of aromatic nitrogens is 2. The highest BCUT2D eigenvalue weighted by Gasteiger charge is 2.14. The van der Waals surface area contributed by atoms with Gasteiger partial charge in [0, 0.05) is 12.3 Å². The van der Waals surface area contributed by atoms with Gasteiger partial charge in [-0.25, -0.2) is 13.8 Å². The Morgan fingerprint density at radius 3 is 2.82 bits per heavy atom. The number of imidazole rings is 1. The lowest BCUT2D eigenvalue weighted by Gasteiger charge is -2.07. The molecule has 5 heteroatoms. The molecule has 0 saturated heterocycles. The Morgan fingerprint density at radius 2 is 2.18 bits per heavy atom. The van der Waals surface area contributed by atoms with Crippen LogP contribution in [0.5, 0.6) is 0 Å². The van der Waals surface area contributed by atoms with Crippen LogP contribution in [0.2, 0.25) is 0 Å². The fraction of sp³-hybridized carbons (Fsp3) is 0.417. The molecule has 0 unspecified atom stereocenters. The monoisotopic (exact) mass is 258 g/mol. The highest BCUT2D eigenvalue weighted by Crippen LogP contribution is 2.21. The van der Waals surface area contributed by atoms with E-state index in [4.69, 9.17) is 11.6 Å². The molecule has 0 atom stereocenters. The first-order chi connectivity index (χ1) is 8.13. The lowest BCUT2D eigenvalue weighted by atomic mass is 10.2. The van der Waals surface area contributed by atoms with Crippen molar-refractivity contribution in [3.05, 3.63) is 29.6 Å². The van der Waals surface area contributed by atoms with Crippen LogP contribution in [0.3, 0.4) is 0 Å². The van der Waals surface area contributed by atoms with Gasteiger partial charge in [0.05, 0.1) is 17.6 Å². The van der Waals surface area contributed by atoms with Crippen molar-refractivity contribution in [2.75, 3.05) is 5.88 Å². The third kappa shape index (κ3) is 2.41. The van der Waals surface area contributed by atoms with Gasteiger partial charge in [0.25, 0.3) is 6.43 Å². The molecule has 0 aliphatic carbocycles. The van der Waals surface area contributed by atoms with E-state index in [1.165, 1.54) is 0 Å². The number of hydrogen-bond acceptors (Lipinski definition) is 1. The fourth-order valence-corrected chi connectivity index (χ4v) is 2.12. The van der Waals surface area contributed by atoms with E-state index in [-0.39, 0.29) is 6.54 Å². The largest absolute Gasteiger partial charge is 0.322 e. The van der Waals surface area contributed by atoms with Crippen molar-refractivity contribution < 1.29 is 8.78 Å². The summed E-state index contributed by atoms with van der Waals surface area (Å²) < 4.78 is 26.7. The van der Waals surface area contributed by atoms with Crippen LogP contribution in [0.4, 0.5) is 8.78 Å². The standard InChI is InChI=1S/C12H13ClF2N2/c1-8-3-2-4-9-12(8)16-11(5-6-13)17(9)7-10(14)15/h2-4,10H,5-7H2,1H3. The molecule has 2 aromatic rings. The zero-order chi connectivity index (χ0) is 12.4. The zero-order valence-corrected chi connectivity index (χ0v) is 10.2. The molecule has 0 radical (unpaired) electrons. The molecule has 0 aliphatic heterocycles. The lowest BCUT2D eigenvalue weighted by molar-refractivity contribution is 0.127. The minimum Gasteiger partial charge on any atom is -0.322 e. The van der Waals surface area contributed by atoms with E-state index in [9.17, 15) is 8.78 Å². The molecular weight excluding hydrogens is 246 g/mol. The maximum absolute atomic E-state index is 12.6. The number of fused-ring (bicyclic) bond motifs is 1. The van der Waals surface area contributed by atoms with Crippen molar-refractivity contribution >= 4 is 22.6 Å². The van der Waals surface area contributed by atoms with Gasteiger partial charge in [-0.1, -0.05) is 12.1 Å². The summed E-state index contributed by atoms with van der Waals surface area (Å²) in [5, 5.41) is 0. The summed E-state index contributed by atoms with van der Waals surface area (Å²) in [6.45, 7) is 1.60. The normalized spacial score (nSPS) is 11.6. The Labute approximate surface area is 103 Å². The predicted molar refractivity (Wildman–Crippen MR) is 64.9 cm³/mol. The van der Waals surface area contributed by atoms with Gasteiger partial charge in [-0.3, -0.25) is 0 Å². The van der Waals surface area contributed by atoms with Crippen LogP contribution >= 0.6 is 11.6 Å². The van der Waals surface area contributed by atoms with E-state index in [2.05, 4.69) is 4.98 Å². The van der Waals surface area contributed by atoms with Gasteiger partial charge in [-0.15, -0.1) is 11.6 Å². The lowest BCUT2D eigenvalue weighted by Crippen LogP contribution is -2.10. The van der Waals surface area contributed by atoms with Crippen LogP contribution in [0, 0.1) is 6.92 Å². The van der Waals surface area contributed by atoms with Crippen molar-refractivity contribution in [1.29, 1.82) is 0 Å². The summed E-state index contributed by atoms with van der Waals surface area (Å²) >= 11 is 5.67. The molecule has 0 aliphatic rings. The van der Waals surface area contributed by atoms with Crippen molar-refractivity contribution in [2.45, 2.75) is 26.3 Å². The average Bonchev–Trinajstić information content (AvgIpc) is 2.59. The van der Waals surface area contributed by atoms with E-state index in [0.717, 1.165) is 16.6 Å². The summed E-state index contributed by atoms with van der Waals surface area (Å²) in [6, 6.07) is 5.59. The van der Waals surface area contributed by atoms with Gasteiger partial charge < -0.3 is 4.57 Å². The Bertz CT molecular complexity index is 522. The van der Waals surface area contributed by atoms with Gasteiger partial charge >= 0.3 is 0 Å². The predicted octanol–water partition coefficient (Wildman–Crippen LogP) is 3.39. The molecule has 0 fully saturated rings. The van der Waals surface area contributed by atoms with E-state index in [0.29, 0.717) is 18.1 Å². The van der Waals surface area contributed by atoms with Crippen LogP contribution < -0.4 is 0 Å². The Balaban J connectivity index is 2.58. The van der Waals surface area contributed by atoms with Crippen LogP contribution in [0.15, 0.2) is 18.2 Å². The van der Waals surface area contributed by atoms with Crippen LogP contribution in [-0.2, 0) is 13.0 Å². The maximum atomic E-state index is 12.6. The molecular formula is C12H13ClF2N2. The molecule has 92 valence electrons. The number of para-hydroxylation sites is 1. The van der Waals surface area contributed by atoms with Crippen molar-refractivity contribution in [3.63, 3.8) is 0 Å². The Kier molecular flexibility index (Phi) is 3.62. The number of alkyl halides is 3. The summed E-state index contributed by atoms with van der Waals surface area (Å²) in [5.74, 6) is 1.01. The molecule has 0 saturated carbocycles. The summed E-state index contributed by atoms with van der Waals surface area (Å²) in [7, 11) is 0. The smallest absolute Gasteiger partial charge is 0.256 e. The molecule has 0 bridgehead atoms. The molecule has 1 aromatic heterocycles. The van der Waals surface area contributed by atoms with Crippen molar-refractivity contribution in [1.82, 2.24) is 9.55 Å². The van der Waals surface area contributed by atoms with Crippen LogP contribution in [0.25, 0.3) is 11.0 Å². The van der Waals surface area contributed by atoms with Gasteiger partial charge in [0.15, 0.2) is 0 Å². The Hall–Kier alpha value is -1.16. The van der Waals surface area contributed by atoms with E-state index in [1.54, 1.807) is 4.57 Å². The third-order valence-electron chi connectivity index (χ3n) is 2.70. The molecule has 1 heterocycles. The number of aryl methyl sites for hydroxylation is 2. The molecule has 17 heavy (non-hydrogen) atoms. The summed E-state index contributed by atoms with van der Waals surface area (Å²) in [4.78, 5) is 4.40. The molecule has 2 nitrogen and oxygen atoms in total. The maximum Gasteiger partial charge on any atom is 0.256 e. The molecule has 0 spiro atoms. The second-order valence-corrected chi connectivity index (χ2v) is 4.29. The minimum absolute atomic E-state index is 0.327. The summed E-state index contributed by atoms with van der Waals surface area (Å²) in [6.07, 6.45) is -1.88. The SMILES string of the molecule is Cc1cccc2c1nc(CCCl)n2CC(F)F. The second kappa shape index (κ2) is 5.00. The van der Waals surface area contributed by atoms with Gasteiger partial charge in [-0.2, -0.15) is 0 Å². The van der Waals surface area contributed by atoms with E-state index >= 15 is 0 Å². The molecule has 1 aromatic carbocycles. The van der Waals surface area contributed by atoms with Crippen molar-refractivity contribution in [2.24, 2.45) is 0 Å². The second-order valence-electron chi connectivity index (χ2n) is 3.91. The number of hydrogen-bond donors (Lipinski definition) is 0. The zero-order valence-electron chi connectivity index (χ0n) is 9.46. The third-order valence-corrected chi connectivity index (χ3v) is 2.89. The highest BCUT2D eigenvalue weighted by atomic mass is 35.5. The number of nitrogens with zero attached hydrogens (tertiary/aromatic N) is 2. The minimum atomic E-state index is -2.39. The number of halogens is 3. The van der Waals surface area contributed by atoms with Gasteiger partial charge in [0.2, 0.25) is 0 Å². The Morgan fingerprint density at radius 1 is 1.41 bits per heavy atom. The average molecular weight is 259 g/mol. The number of rotatable bonds is 4. The van der Waals surface area contributed by atoms with E-state index in [1.807, 2.05) is 25.1 Å². The van der Waals surface area contributed by atoms with E-state index < -0.39 is 6.43 Å². The highest BCUT2D eigenvalue weighted by molar-refractivity contribution is 6.17. The van der Waals surface area contributed by atoms with Gasteiger partial charge in [0.1, 0.15) is 5.82 Å². The quantitative estimate of drug-likeness (QED) is 0.769. The summed E-state index contributed by atoms with van der Waals surface area (Å²) in [5.41, 5.74) is 2.53. The first-order valence-electron chi connectivity index (χ1n) is 5.42. The molecule has 0 N–H and O–H groups in total. The molecule has 0 amide bonds. The molecule has 2 rings (SSSR count). The van der Waals surface area contributed by atoms with Gasteiger partial charge in [-0.05, 0) is 18.6 Å². The topological polar surface area (TPSA) is 17.8 Å².